The van der Waals surface area contributed by atoms with Crippen LogP contribution in [0, 0.1) is 0 Å². The number of halogens is 3. The topological polar surface area (TPSA) is 41.9 Å². The number of hydrazone groups is 1. The highest BCUT2D eigenvalue weighted by molar-refractivity contribution is 6.03. The summed E-state index contributed by atoms with van der Waals surface area (Å²) in [7, 11) is 0. The van der Waals surface area contributed by atoms with Crippen molar-refractivity contribution in [1.29, 1.82) is 0 Å². The molecule has 1 heterocycles. The van der Waals surface area contributed by atoms with Crippen LogP contribution in [-0.2, 0) is 12.7 Å². The zero-order chi connectivity index (χ0) is 20.4. The van der Waals surface area contributed by atoms with E-state index in [0.29, 0.717) is 22.4 Å². The molecule has 0 aliphatic carbocycles. The number of fused-ring (bicyclic) bond motifs is 1. The van der Waals surface area contributed by atoms with Crippen molar-refractivity contribution in [1.82, 2.24) is 5.01 Å². The Balaban J connectivity index is 1.71. The molecule has 0 radical (unpaired) electrons. The minimum absolute atomic E-state index is 0.00496. The predicted octanol–water partition coefficient (Wildman–Crippen LogP) is 5.10. The summed E-state index contributed by atoms with van der Waals surface area (Å²) >= 11 is 0. The second kappa shape index (κ2) is 7.43. The van der Waals surface area contributed by atoms with Crippen molar-refractivity contribution in [2.24, 2.45) is 5.10 Å². The van der Waals surface area contributed by atoms with E-state index in [1.165, 1.54) is 17.1 Å². The average Bonchev–Trinajstić information content (AvgIpc) is 2.86. The first-order valence-electron chi connectivity index (χ1n) is 8.81. The van der Waals surface area contributed by atoms with Gasteiger partial charge in [-0.25, -0.2) is 5.01 Å². The molecular formula is C22H15F3N2O2. The van der Waals surface area contributed by atoms with Crippen LogP contribution >= 0.6 is 0 Å². The fourth-order valence-corrected chi connectivity index (χ4v) is 2.93. The van der Waals surface area contributed by atoms with Gasteiger partial charge in [0, 0.05) is 5.56 Å². The maximum Gasteiger partial charge on any atom is 0.416 e. The molecule has 0 saturated heterocycles. The molecule has 7 heteroatoms. The Morgan fingerprint density at radius 2 is 1.52 bits per heavy atom. The van der Waals surface area contributed by atoms with E-state index in [-0.39, 0.29) is 12.4 Å². The van der Waals surface area contributed by atoms with E-state index in [9.17, 15) is 18.0 Å². The van der Waals surface area contributed by atoms with Crippen LogP contribution < -0.4 is 4.74 Å². The second-order valence-electron chi connectivity index (χ2n) is 6.43. The lowest BCUT2D eigenvalue weighted by atomic mass is 10.1. The summed E-state index contributed by atoms with van der Waals surface area (Å²) in [6, 6.07) is 20.5. The minimum atomic E-state index is -4.41. The number of nitrogens with zero attached hydrogens (tertiary/aromatic N) is 2. The molecule has 4 rings (SSSR count). The molecular weight excluding hydrogens is 381 g/mol. The Kier molecular flexibility index (Phi) is 4.80. The molecule has 0 bridgehead atoms. The molecule has 4 nitrogen and oxygen atoms in total. The summed E-state index contributed by atoms with van der Waals surface area (Å²) in [5, 5.41) is 5.57. The number of ether oxygens (including phenoxy) is 1. The third-order valence-electron chi connectivity index (χ3n) is 4.40. The van der Waals surface area contributed by atoms with Crippen LogP contribution in [0.25, 0.3) is 0 Å². The zero-order valence-electron chi connectivity index (χ0n) is 15.1. The van der Waals surface area contributed by atoms with Crippen LogP contribution in [0.5, 0.6) is 5.75 Å². The molecule has 146 valence electrons. The monoisotopic (exact) mass is 396 g/mol. The molecule has 1 aliphatic heterocycles. The van der Waals surface area contributed by atoms with Crippen molar-refractivity contribution < 1.29 is 22.7 Å². The van der Waals surface area contributed by atoms with Crippen LogP contribution in [0.4, 0.5) is 13.2 Å². The number of rotatable bonds is 3. The number of alkyl halides is 3. The molecule has 0 fully saturated rings. The van der Waals surface area contributed by atoms with Gasteiger partial charge in [-0.15, -0.1) is 5.10 Å². The second-order valence-corrected chi connectivity index (χ2v) is 6.43. The van der Waals surface area contributed by atoms with E-state index in [1.807, 2.05) is 18.2 Å². The van der Waals surface area contributed by atoms with Crippen LogP contribution in [0.1, 0.15) is 27.0 Å². The minimum Gasteiger partial charge on any atom is -0.436 e. The SMILES string of the molecule is O=C1c2ccccc2OC(c2ccccc2)=NN1Cc1ccc(C(F)(F)F)cc1. The molecule has 1 aliphatic rings. The van der Waals surface area contributed by atoms with Crippen molar-refractivity contribution >= 4 is 11.8 Å². The lowest BCUT2D eigenvalue weighted by Gasteiger charge is -2.16. The smallest absolute Gasteiger partial charge is 0.416 e. The fraction of sp³-hybridized carbons (Fsp3) is 0.0909. The standard InChI is InChI=1S/C22H15F3N2O2/c23-22(24,25)17-12-10-15(11-13-17)14-27-21(28)18-8-4-5-9-19(18)29-20(26-27)16-6-2-1-3-7-16/h1-13H,14H2. The number of carbonyl (C=O) groups is 1. The largest absolute Gasteiger partial charge is 0.436 e. The van der Waals surface area contributed by atoms with E-state index in [1.54, 1.807) is 36.4 Å². The van der Waals surface area contributed by atoms with Crippen molar-refractivity contribution in [2.45, 2.75) is 12.7 Å². The highest BCUT2D eigenvalue weighted by Crippen LogP contribution is 2.30. The lowest BCUT2D eigenvalue weighted by molar-refractivity contribution is -0.137. The Labute approximate surface area is 164 Å². The molecule has 0 atom stereocenters. The zero-order valence-corrected chi connectivity index (χ0v) is 15.1. The maximum atomic E-state index is 13.0. The first-order valence-corrected chi connectivity index (χ1v) is 8.81. The summed E-state index contributed by atoms with van der Waals surface area (Å²) < 4.78 is 44.3. The van der Waals surface area contributed by atoms with Gasteiger partial charge in [-0.2, -0.15) is 13.2 Å². The summed E-state index contributed by atoms with van der Waals surface area (Å²) in [6.07, 6.45) is -4.41. The maximum absolute atomic E-state index is 13.0. The number of amides is 1. The van der Waals surface area contributed by atoms with Gasteiger partial charge in [0.25, 0.3) is 5.91 Å². The van der Waals surface area contributed by atoms with Gasteiger partial charge in [0.1, 0.15) is 5.75 Å². The van der Waals surface area contributed by atoms with Crippen LogP contribution in [0.2, 0.25) is 0 Å². The molecule has 1 amide bonds. The van der Waals surface area contributed by atoms with Crippen LogP contribution in [0.3, 0.4) is 0 Å². The number of para-hydroxylation sites is 1. The number of hydrogen-bond acceptors (Lipinski definition) is 3. The van der Waals surface area contributed by atoms with Crippen molar-refractivity contribution in [3.05, 3.63) is 101 Å². The van der Waals surface area contributed by atoms with Gasteiger partial charge in [-0.05, 0) is 42.0 Å². The molecule has 0 saturated carbocycles. The van der Waals surface area contributed by atoms with Crippen molar-refractivity contribution in [3.8, 4) is 5.75 Å². The number of hydrogen-bond donors (Lipinski definition) is 0. The van der Waals surface area contributed by atoms with Crippen LogP contribution in [0.15, 0.2) is 84.0 Å². The van der Waals surface area contributed by atoms with E-state index in [2.05, 4.69) is 5.10 Å². The van der Waals surface area contributed by atoms with Gasteiger partial charge in [0.2, 0.25) is 5.90 Å². The number of benzene rings is 3. The van der Waals surface area contributed by atoms with Gasteiger partial charge in [-0.3, -0.25) is 4.79 Å². The molecule has 0 aromatic heterocycles. The van der Waals surface area contributed by atoms with Gasteiger partial charge in [0.15, 0.2) is 0 Å². The summed E-state index contributed by atoms with van der Waals surface area (Å²) in [6.45, 7) is 0.00496. The van der Waals surface area contributed by atoms with Gasteiger partial charge >= 0.3 is 6.18 Å². The van der Waals surface area contributed by atoms with E-state index >= 15 is 0 Å². The van der Waals surface area contributed by atoms with Crippen molar-refractivity contribution in [3.63, 3.8) is 0 Å². The fourth-order valence-electron chi connectivity index (χ4n) is 2.93. The van der Waals surface area contributed by atoms with E-state index < -0.39 is 17.6 Å². The highest BCUT2D eigenvalue weighted by atomic mass is 19.4. The lowest BCUT2D eigenvalue weighted by Crippen LogP contribution is -2.26. The average molecular weight is 396 g/mol. The third-order valence-corrected chi connectivity index (χ3v) is 4.40. The molecule has 0 spiro atoms. The molecule has 3 aromatic carbocycles. The summed E-state index contributed by atoms with van der Waals surface area (Å²) in [5.74, 6) is 0.206. The Morgan fingerprint density at radius 1 is 0.862 bits per heavy atom. The third kappa shape index (κ3) is 3.99. The molecule has 0 N–H and O–H groups in total. The predicted molar refractivity (Wildman–Crippen MR) is 101 cm³/mol. The highest BCUT2D eigenvalue weighted by Gasteiger charge is 2.30. The van der Waals surface area contributed by atoms with Crippen LogP contribution in [-0.4, -0.2) is 16.8 Å². The van der Waals surface area contributed by atoms with Gasteiger partial charge in [0.05, 0.1) is 17.7 Å². The van der Waals surface area contributed by atoms with Gasteiger partial charge < -0.3 is 4.74 Å². The molecule has 0 unspecified atom stereocenters. The molecule has 29 heavy (non-hydrogen) atoms. The van der Waals surface area contributed by atoms with E-state index in [0.717, 1.165) is 12.1 Å². The molecule has 3 aromatic rings. The Morgan fingerprint density at radius 3 is 2.21 bits per heavy atom. The Bertz CT molecular complexity index is 1060. The van der Waals surface area contributed by atoms with E-state index in [4.69, 9.17) is 4.74 Å². The summed E-state index contributed by atoms with van der Waals surface area (Å²) in [5.41, 5.74) is 0.774. The normalized spacial score (nSPS) is 14.0. The van der Waals surface area contributed by atoms with Crippen molar-refractivity contribution in [2.75, 3.05) is 0 Å². The van der Waals surface area contributed by atoms with Gasteiger partial charge in [-0.1, -0.05) is 42.5 Å². The first kappa shape index (κ1) is 18.7. The quantitative estimate of drug-likeness (QED) is 0.618. The summed E-state index contributed by atoms with van der Waals surface area (Å²) in [4.78, 5) is 13.0. The first-order chi connectivity index (χ1) is 13.9. The number of carbonyl (C=O) groups excluding carboxylic acids is 1. The Hall–Kier alpha value is -3.61.